The second-order valence-corrected chi connectivity index (χ2v) is 8.23. The highest BCUT2D eigenvalue weighted by molar-refractivity contribution is 9.10. The largest absolute Gasteiger partial charge is 0.496 e. The summed E-state index contributed by atoms with van der Waals surface area (Å²) in [7, 11) is 1.72. The molecule has 1 atom stereocenters. The van der Waals surface area contributed by atoms with Crippen LogP contribution in [0.4, 0.5) is 0 Å². The van der Waals surface area contributed by atoms with Crippen molar-refractivity contribution in [3.8, 4) is 5.75 Å². The average Bonchev–Trinajstić information content (AvgIpc) is 3.08. The topological polar surface area (TPSA) is 32.7 Å². The molecule has 0 saturated carbocycles. The first-order valence-electron chi connectivity index (χ1n) is 8.59. The molecule has 0 spiro atoms. The monoisotopic (exact) mass is 421 g/mol. The molecule has 1 heterocycles. The zero-order valence-corrected chi connectivity index (χ0v) is 16.9. The lowest BCUT2D eigenvalue weighted by atomic mass is 10.2. The first kappa shape index (κ1) is 18.8. The second-order valence-electron chi connectivity index (χ2n) is 6.30. The Hall–Kier alpha value is -1.01. The van der Waals surface area contributed by atoms with Crippen molar-refractivity contribution in [2.45, 2.75) is 36.1 Å². The van der Waals surface area contributed by atoms with Crippen LogP contribution in [0.3, 0.4) is 0 Å². The van der Waals surface area contributed by atoms with Gasteiger partial charge in [-0.05, 0) is 49.2 Å². The molecular formula is C20H24BrNO2S. The molecule has 2 aromatic rings. The van der Waals surface area contributed by atoms with Crippen molar-refractivity contribution in [3.05, 3.63) is 58.1 Å². The van der Waals surface area contributed by atoms with E-state index in [1.54, 1.807) is 7.11 Å². The number of aliphatic hydroxyl groups is 1. The Labute approximate surface area is 162 Å². The number of rotatable bonds is 7. The molecule has 3 nitrogen and oxygen atoms in total. The zero-order valence-electron chi connectivity index (χ0n) is 14.5. The van der Waals surface area contributed by atoms with Gasteiger partial charge in [-0.1, -0.05) is 34.1 Å². The van der Waals surface area contributed by atoms with E-state index in [4.69, 9.17) is 4.74 Å². The van der Waals surface area contributed by atoms with Crippen molar-refractivity contribution < 1.29 is 9.84 Å². The SMILES string of the molecule is COc1ccc(Br)cc1CSc1ccccc1CN1CCC[C@@H]1CO. The Bertz CT molecular complexity index is 710. The Morgan fingerprint density at radius 1 is 1.24 bits per heavy atom. The first-order chi connectivity index (χ1) is 12.2. The number of nitrogens with zero attached hydrogens (tertiary/aromatic N) is 1. The summed E-state index contributed by atoms with van der Waals surface area (Å²) in [4.78, 5) is 3.70. The molecular weight excluding hydrogens is 398 g/mol. The van der Waals surface area contributed by atoms with E-state index in [9.17, 15) is 5.11 Å². The summed E-state index contributed by atoms with van der Waals surface area (Å²) >= 11 is 5.38. The van der Waals surface area contributed by atoms with E-state index in [-0.39, 0.29) is 6.61 Å². The van der Waals surface area contributed by atoms with E-state index in [2.05, 4.69) is 51.2 Å². The lowest BCUT2D eigenvalue weighted by Crippen LogP contribution is -2.31. The van der Waals surface area contributed by atoms with Crippen LogP contribution < -0.4 is 4.74 Å². The number of aliphatic hydroxyl groups excluding tert-OH is 1. The Morgan fingerprint density at radius 2 is 2.08 bits per heavy atom. The van der Waals surface area contributed by atoms with Gasteiger partial charge in [0.2, 0.25) is 0 Å². The number of hydrogen-bond acceptors (Lipinski definition) is 4. The maximum absolute atomic E-state index is 9.55. The smallest absolute Gasteiger partial charge is 0.122 e. The van der Waals surface area contributed by atoms with Gasteiger partial charge < -0.3 is 9.84 Å². The van der Waals surface area contributed by atoms with Crippen molar-refractivity contribution in [1.29, 1.82) is 0 Å². The van der Waals surface area contributed by atoms with Crippen LogP contribution in [0.15, 0.2) is 51.8 Å². The van der Waals surface area contributed by atoms with E-state index < -0.39 is 0 Å². The molecule has 134 valence electrons. The molecule has 0 amide bonds. The van der Waals surface area contributed by atoms with Crippen molar-refractivity contribution in [3.63, 3.8) is 0 Å². The van der Waals surface area contributed by atoms with Gasteiger partial charge in [0.1, 0.15) is 5.75 Å². The minimum Gasteiger partial charge on any atom is -0.496 e. The third-order valence-electron chi connectivity index (χ3n) is 4.68. The predicted molar refractivity (Wildman–Crippen MR) is 107 cm³/mol. The number of ether oxygens (including phenoxy) is 1. The highest BCUT2D eigenvalue weighted by Crippen LogP contribution is 2.33. The van der Waals surface area contributed by atoms with Gasteiger partial charge in [0, 0.05) is 33.3 Å². The van der Waals surface area contributed by atoms with Crippen LogP contribution in [0.1, 0.15) is 24.0 Å². The summed E-state index contributed by atoms with van der Waals surface area (Å²) in [5, 5.41) is 9.55. The fourth-order valence-corrected chi connectivity index (χ4v) is 4.76. The molecule has 1 aliphatic rings. The van der Waals surface area contributed by atoms with Crippen LogP contribution in [0.2, 0.25) is 0 Å². The fraction of sp³-hybridized carbons (Fsp3) is 0.400. The third kappa shape index (κ3) is 4.79. The number of thioether (sulfide) groups is 1. The van der Waals surface area contributed by atoms with Crippen LogP contribution >= 0.6 is 27.7 Å². The average molecular weight is 422 g/mol. The van der Waals surface area contributed by atoms with Gasteiger partial charge in [0.05, 0.1) is 13.7 Å². The minimum atomic E-state index is 0.255. The number of benzene rings is 2. The van der Waals surface area contributed by atoms with Gasteiger partial charge in [-0.25, -0.2) is 0 Å². The van der Waals surface area contributed by atoms with Gasteiger partial charge in [0.25, 0.3) is 0 Å². The summed E-state index contributed by atoms with van der Waals surface area (Å²) in [5.41, 5.74) is 2.52. The summed E-state index contributed by atoms with van der Waals surface area (Å²) in [6.07, 6.45) is 2.27. The minimum absolute atomic E-state index is 0.255. The Kier molecular flexibility index (Phi) is 6.82. The molecule has 1 fully saturated rings. The standard InChI is InChI=1S/C20H24BrNO2S/c1-24-19-9-8-17(21)11-16(19)14-25-20-7-3-2-5-15(20)12-22-10-4-6-18(22)13-23/h2-3,5,7-9,11,18,23H,4,6,10,12-14H2,1H3/t18-/m1/s1. The van der Waals surface area contributed by atoms with Crippen LogP contribution in [-0.4, -0.2) is 36.3 Å². The molecule has 1 N–H and O–H groups in total. The molecule has 0 aliphatic carbocycles. The normalized spacial score (nSPS) is 17.8. The molecule has 3 rings (SSSR count). The summed E-state index contributed by atoms with van der Waals surface area (Å²) in [6, 6.07) is 15.0. The molecule has 0 unspecified atom stereocenters. The maximum atomic E-state index is 9.55. The van der Waals surface area contributed by atoms with E-state index in [1.807, 2.05) is 23.9 Å². The van der Waals surface area contributed by atoms with Crippen molar-refractivity contribution in [1.82, 2.24) is 4.90 Å². The maximum Gasteiger partial charge on any atom is 0.122 e. The molecule has 0 aromatic heterocycles. The van der Waals surface area contributed by atoms with E-state index >= 15 is 0 Å². The zero-order chi connectivity index (χ0) is 17.6. The lowest BCUT2D eigenvalue weighted by molar-refractivity contribution is 0.153. The first-order valence-corrected chi connectivity index (χ1v) is 10.4. The highest BCUT2D eigenvalue weighted by Gasteiger charge is 2.24. The fourth-order valence-electron chi connectivity index (χ4n) is 3.32. The van der Waals surface area contributed by atoms with Gasteiger partial charge >= 0.3 is 0 Å². The van der Waals surface area contributed by atoms with Crippen LogP contribution in [-0.2, 0) is 12.3 Å². The summed E-state index contributed by atoms with van der Waals surface area (Å²) < 4.78 is 6.55. The molecule has 0 bridgehead atoms. The molecule has 1 aliphatic heterocycles. The molecule has 5 heteroatoms. The van der Waals surface area contributed by atoms with Crippen LogP contribution in [0, 0.1) is 0 Å². The van der Waals surface area contributed by atoms with E-state index in [0.29, 0.717) is 6.04 Å². The second kappa shape index (κ2) is 9.08. The highest BCUT2D eigenvalue weighted by atomic mass is 79.9. The van der Waals surface area contributed by atoms with E-state index in [0.717, 1.165) is 35.5 Å². The molecule has 0 radical (unpaired) electrons. The van der Waals surface area contributed by atoms with Gasteiger partial charge in [-0.3, -0.25) is 4.90 Å². The third-order valence-corrected chi connectivity index (χ3v) is 6.34. The lowest BCUT2D eigenvalue weighted by Gasteiger charge is -2.23. The summed E-state index contributed by atoms with van der Waals surface area (Å²) in [6.45, 7) is 2.23. The van der Waals surface area contributed by atoms with Crippen LogP contribution in [0.25, 0.3) is 0 Å². The molecule has 1 saturated heterocycles. The molecule has 2 aromatic carbocycles. The quantitative estimate of drug-likeness (QED) is 0.656. The van der Waals surface area contributed by atoms with Crippen molar-refractivity contribution in [2.24, 2.45) is 0 Å². The van der Waals surface area contributed by atoms with Gasteiger partial charge in [-0.15, -0.1) is 11.8 Å². The van der Waals surface area contributed by atoms with Gasteiger partial charge in [0.15, 0.2) is 0 Å². The number of halogens is 1. The number of hydrogen-bond donors (Lipinski definition) is 1. The Balaban J connectivity index is 1.72. The van der Waals surface area contributed by atoms with Crippen molar-refractivity contribution >= 4 is 27.7 Å². The van der Waals surface area contributed by atoms with Gasteiger partial charge in [-0.2, -0.15) is 0 Å². The van der Waals surface area contributed by atoms with Crippen molar-refractivity contribution in [2.75, 3.05) is 20.3 Å². The number of likely N-dealkylation sites (tertiary alicyclic amines) is 1. The molecule has 25 heavy (non-hydrogen) atoms. The van der Waals surface area contributed by atoms with Crippen LogP contribution in [0.5, 0.6) is 5.75 Å². The van der Waals surface area contributed by atoms with E-state index in [1.165, 1.54) is 22.4 Å². The Morgan fingerprint density at radius 3 is 2.88 bits per heavy atom. The predicted octanol–water partition coefficient (Wildman–Crippen LogP) is 4.71. The summed E-state index contributed by atoms with van der Waals surface area (Å²) in [5.74, 6) is 1.79. The number of methoxy groups -OCH3 is 1.